The summed E-state index contributed by atoms with van der Waals surface area (Å²) in [5.41, 5.74) is 0.00852. The molecule has 0 radical (unpaired) electrons. The van der Waals surface area contributed by atoms with Crippen molar-refractivity contribution in [3.8, 4) is 0 Å². The van der Waals surface area contributed by atoms with Crippen molar-refractivity contribution in [1.29, 1.82) is 0 Å². The smallest absolute Gasteiger partial charge is 0.329 e. The number of hydrogen-bond donors (Lipinski definition) is 2. The van der Waals surface area contributed by atoms with E-state index in [1.807, 2.05) is 20.8 Å². The molecule has 2 N–H and O–H groups in total. The van der Waals surface area contributed by atoms with E-state index >= 15 is 0 Å². The zero-order chi connectivity index (χ0) is 26.9. The van der Waals surface area contributed by atoms with Crippen LogP contribution in [-0.2, 0) is 25.5 Å². The first-order chi connectivity index (χ1) is 17.7. The molecule has 1 fully saturated rings. The van der Waals surface area contributed by atoms with Crippen molar-refractivity contribution in [2.75, 3.05) is 13.1 Å². The number of aliphatic hydroxyl groups excluding tert-OH is 1. The topological polar surface area (TPSA) is 139 Å². The lowest BCUT2D eigenvalue weighted by atomic mass is 9.94. The van der Waals surface area contributed by atoms with E-state index in [-0.39, 0.29) is 54.5 Å². The summed E-state index contributed by atoms with van der Waals surface area (Å²) >= 11 is 0. The lowest BCUT2D eigenvalue weighted by molar-refractivity contribution is -0.158. The van der Waals surface area contributed by atoms with Gasteiger partial charge in [0.15, 0.2) is 5.69 Å². The van der Waals surface area contributed by atoms with E-state index in [1.165, 1.54) is 23.3 Å². The monoisotopic (exact) mass is 513 g/mol. The number of hydrogen-bond acceptors (Lipinski definition) is 8. The Labute approximate surface area is 216 Å². The molecule has 3 heterocycles. The van der Waals surface area contributed by atoms with Crippen LogP contribution in [0.1, 0.15) is 56.4 Å². The van der Waals surface area contributed by atoms with Crippen molar-refractivity contribution in [2.45, 2.75) is 64.7 Å². The second-order valence-corrected chi connectivity index (χ2v) is 9.69. The minimum Gasteiger partial charge on any atom is -0.460 e. The third kappa shape index (κ3) is 7.98. The molecule has 0 aromatic carbocycles. The quantitative estimate of drug-likeness (QED) is 0.545. The van der Waals surface area contributed by atoms with Crippen LogP contribution in [0.3, 0.4) is 0 Å². The number of ether oxygens (including phenoxy) is 1. The molecule has 0 spiro atoms. The minimum absolute atomic E-state index is 0.00852. The fourth-order valence-electron chi connectivity index (χ4n) is 4.40. The Bertz CT molecular complexity index is 1070. The van der Waals surface area contributed by atoms with Crippen LogP contribution in [-0.4, -0.2) is 69.9 Å². The van der Waals surface area contributed by atoms with Gasteiger partial charge >= 0.3 is 5.97 Å². The Morgan fingerprint density at radius 3 is 2.70 bits per heavy atom. The average Bonchev–Trinajstić information content (AvgIpc) is 3.52. The molecular weight excluding hydrogens is 478 g/mol. The van der Waals surface area contributed by atoms with Crippen molar-refractivity contribution in [2.24, 2.45) is 11.8 Å². The van der Waals surface area contributed by atoms with Gasteiger partial charge in [-0.05, 0) is 24.8 Å². The number of esters is 1. The number of Topliss-reactive ketones (excluding diaryl/α,β-unsaturated/α-hetero) is 1. The van der Waals surface area contributed by atoms with Crippen LogP contribution in [0.25, 0.3) is 0 Å². The number of cyclic esters (lactones) is 1. The summed E-state index contributed by atoms with van der Waals surface area (Å²) in [6, 6.07) is -0.759. The van der Waals surface area contributed by atoms with Crippen molar-refractivity contribution in [1.82, 2.24) is 15.2 Å². The van der Waals surface area contributed by atoms with E-state index in [1.54, 1.807) is 24.3 Å². The van der Waals surface area contributed by atoms with Crippen LogP contribution in [0, 0.1) is 11.8 Å². The fourth-order valence-corrected chi connectivity index (χ4v) is 4.40. The lowest BCUT2D eigenvalue weighted by Gasteiger charge is -2.29. The highest BCUT2D eigenvalue weighted by molar-refractivity contribution is 5.95. The van der Waals surface area contributed by atoms with E-state index in [0.29, 0.717) is 19.4 Å². The molecule has 0 saturated carbocycles. The number of fused-ring (bicyclic) bond motifs is 3. The number of nitrogens with one attached hydrogen (secondary N) is 1. The maximum absolute atomic E-state index is 13.1. The number of carbonyl (C=O) groups is 4. The molecule has 1 aromatic heterocycles. The van der Waals surface area contributed by atoms with E-state index in [9.17, 15) is 24.3 Å². The first kappa shape index (κ1) is 28.0. The number of allylic oxidation sites excluding steroid dienone is 2. The molecule has 1 saturated heterocycles. The summed E-state index contributed by atoms with van der Waals surface area (Å²) in [5.74, 6) is -1.77. The standard InChI is InChI=1S/C27H35N3O7/c1-17(2)25-18(3)10-11-23(33)28-12-6-4-5-8-19(31)14-20(32)15-24-29-21(16-36-24)26(34)30-13-7-9-22(30)27(35)37-25/h4-6,8,10-11,16-19,22,25,31H,7,9,12-15H2,1-3H3,(H,28,33)/b6-4+,8-5+,11-10+. The second kappa shape index (κ2) is 13.1. The maximum atomic E-state index is 13.1. The number of nitrogens with zero attached hydrogens (tertiary/aromatic N) is 2. The van der Waals surface area contributed by atoms with E-state index in [2.05, 4.69) is 10.3 Å². The SMILES string of the molecule is CC(C)C1OC(=O)C2CCCN2C(=O)c2coc(n2)CC(=O)CC(O)/C=C/C=C/CNC(=O)/C=C/C1C. The van der Waals surface area contributed by atoms with Gasteiger partial charge in [0.1, 0.15) is 24.2 Å². The van der Waals surface area contributed by atoms with Crippen molar-refractivity contribution in [3.63, 3.8) is 0 Å². The van der Waals surface area contributed by atoms with Crippen LogP contribution in [0.15, 0.2) is 47.1 Å². The third-order valence-corrected chi connectivity index (χ3v) is 6.30. The molecule has 200 valence electrons. The molecule has 1 aromatic rings. The van der Waals surface area contributed by atoms with Gasteiger partial charge in [0.05, 0.1) is 12.5 Å². The van der Waals surface area contributed by atoms with Gasteiger partial charge in [0.2, 0.25) is 11.8 Å². The predicted molar refractivity (Wildman–Crippen MR) is 134 cm³/mol. The number of oxazole rings is 1. The highest BCUT2D eigenvalue weighted by Crippen LogP contribution is 2.25. The van der Waals surface area contributed by atoms with Crippen molar-refractivity contribution < 1.29 is 33.4 Å². The minimum atomic E-state index is -1.00. The van der Waals surface area contributed by atoms with Crippen molar-refractivity contribution in [3.05, 3.63) is 54.3 Å². The van der Waals surface area contributed by atoms with Crippen LogP contribution in [0.5, 0.6) is 0 Å². The lowest BCUT2D eigenvalue weighted by Crippen LogP contribution is -2.44. The molecule has 2 amide bonds. The molecular formula is C27H35N3O7. The normalized spacial score (nSPS) is 29.4. The summed E-state index contributed by atoms with van der Waals surface area (Å²) in [7, 11) is 0. The molecule has 10 heteroatoms. The van der Waals surface area contributed by atoms with Gasteiger partial charge in [0.25, 0.3) is 5.91 Å². The number of aromatic nitrogens is 1. The highest BCUT2D eigenvalue weighted by Gasteiger charge is 2.38. The number of rotatable bonds is 1. The molecule has 37 heavy (non-hydrogen) atoms. The zero-order valence-corrected chi connectivity index (χ0v) is 21.5. The highest BCUT2D eigenvalue weighted by atomic mass is 16.5. The summed E-state index contributed by atoms with van der Waals surface area (Å²) in [6.45, 7) is 6.38. The number of aliphatic hydroxyl groups is 1. The molecule has 3 rings (SSSR count). The van der Waals surface area contributed by atoms with Gasteiger partial charge in [-0.3, -0.25) is 14.4 Å². The summed E-state index contributed by atoms with van der Waals surface area (Å²) in [5, 5.41) is 12.8. The van der Waals surface area contributed by atoms with Crippen LogP contribution < -0.4 is 5.32 Å². The van der Waals surface area contributed by atoms with Gasteiger partial charge in [-0.1, -0.05) is 51.2 Å². The Hall–Kier alpha value is -3.53. The Morgan fingerprint density at radius 1 is 1.16 bits per heavy atom. The molecule has 10 nitrogen and oxygen atoms in total. The number of ketones is 1. The van der Waals surface area contributed by atoms with E-state index in [0.717, 1.165) is 0 Å². The average molecular weight is 514 g/mol. The zero-order valence-electron chi connectivity index (χ0n) is 21.5. The summed E-state index contributed by atoms with van der Waals surface area (Å²) in [4.78, 5) is 56.3. The largest absolute Gasteiger partial charge is 0.460 e. The summed E-state index contributed by atoms with van der Waals surface area (Å²) in [6.07, 6.45) is 10.00. The molecule has 0 aliphatic carbocycles. The first-order valence-electron chi connectivity index (χ1n) is 12.6. The molecule has 2 bridgehead atoms. The Kier molecular flexibility index (Phi) is 9.96. The predicted octanol–water partition coefficient (Wildman–Crippen LogP) is 2.14. The summed E-state index contributed by atoms with van der Waals surface area (Å²) < 4.78 is 11.2. The molecule has 2 aliphatic rings. The van der Waals surface area contributed by atoms with Gasteiger partial charge in [-0.15, -0.1) is 0 Å². The van der Waals surface area contributed by atoms with E-state index in [4.69, 9.17) is 9.15 Å². The van der Waals surface area contributed by atoms with Gasteiger partial charge < -0.3 is 24.5 Å². The Morgan fingerprint density at radius 2 is 1.95 bits per heavy atom. The fraction of sp³-hybridized carbons (Fsp3) is 0.519. The van der Waals surface area contributed by atoms with Crippen LogP contribution in [0.4, 0.5) is 0 Å². The Balaban J connectivity index is 1.83. The van der Waals surface area contributed by atoms with Crippen LogP contribution in [0.2, 0.25) is 0 Å². The third-order valence-electron chi connectivity index (χ3n) is 6.30. The maximum Gasteiger partial charge on any atom is 0.329 e. The second-order valence-electron chi connectivity index (χ2n) is 9.69. The molecule has 4 atom stereocenters. The van der Waals surface area contributed by atoms with Gasteiger partial charge in [0, 0.05) is 25.4 Å². The first-order valence-corrected chi connectivity index (χ1v) is 12.6. The van der Waals surface area contributed by atoms with Gasteiger partial charge in [-0.2, -0.15) is 0 Å². The van der Waals surface area contributed by atoms with Crippen LogP contribution >= 0.6 is 0 Å². The number of carbonyl (C=O) groups excluding carboxylic acids is 4. The molecule has 4 unspecified atom stereocenters. The van der Waals surface area contributed by atoms with Gasteiger partial charge in [-0.25, -0.2) is 9.78 Å². The number of amides is 2. The molecule has 2 aliphatic heterocycles. The van der Waals surface area contributed by atoms with E-state index < -0.39 is 30.1 Å². The van der Waals surface area contributed by atoms with Crippen molar-refractivity contribution >= 4 is 23.6 Å².